The first kappa shape index (κ1) is 16.4. The Morgan fingerprint density at radius 2 is 1.96 bits per heavy atom. The summed E-state index contributed by atoms with van der Waals surface area (Å²) in [7, 11) is 0. The summed E-state index contributed by atoms with van der Waals surface area (Å²) >= 11 is 5.98. The molecule has 0 saturated carbocycles. The van der Waals surface area contributed by atoms with Crippen LogP contribution in [0.1, 0.15) is 34.0 Å². The maximum absolute atomic E-state index is 13.0. The molecule has 0 amide bonds. The average Bonchev–Trinajstić information content (AvgIpc) is 2.99. The van der Waals surface area contributed by atoms with Crippen LogP contribution in [0.15, 0.2) is 40.8 Å². The van der Waals surface area contributed by atoms with Gasteiger partial charge < -0.3 is 4.42 Å². The van der Waals surface area contributed by atoms with E-state index >= 15 is 0 Å². The third-order valence-electron chi connectivity index (χ3n) is 3.91. The summed E-state index contributed by atoms with van der Waals surface area (Å²) in [5, 5.41) is 8.41. The maximum Gasteiger partial charge on any atom is 0.240 e. The van der Waals surface area contributed by atoms with Gasteiger partial charge in [-0.25, -0.2) is 4.39 Å². The molecule has 0 fully saturated rings. The van der Waals surface area contributed by atoms with Gasteiger partial charge in [-0.3, -0.25) is 0 Å². The van der Waals surface area contributed by atoms with E-state index in [1.807, 2.05) is 6.07 Å². The van der Waals surface area contributed by atoms with Crippen LogP contribution in [0.5, 0.6) is 0 Å². The van der Waals surface area contributed by atoms with Gasteiger partial charge in [0.05, 0.1) is 11.4 Å². The fraction of sp³-hybridized carbons (Fsp3) is 0.158. The number of halogens is 2. The number of benzene rings is 2. The van der Waals surface area contributed by atoms with Crippen LogP contribution in [0.25, 0.3) is 12.2 Å². The van der Waals surface area contributed by atoms with Gasteiger partial charge in [-0.05, 0) is 54.3 Å². The zero-order chi connectivity index (χ0) is 17.1. The van der Waals surface area contributed by atoms with Gasteiger partial charge in [0.1, 0.15) is 5.82 Å². The smallest absolute Gasteiger partial charge is 0.240 e. The summed E-state index contributed by atoms with van der Waals surface area (Å²) in [6.45, 7) is 4.16. The predicted octanol–water partition coefficient (Wildman–Crippen LogP) is 5.24. The van der Waals surface area contributed by atoms with Crippen LogP contribution in [0, 0.1) is 19.7 Å². The highest BCUT2D eigenvalue weighted by Crippen LogP contribution is 2.20. The highest BCUT2D eigenvalue weighted by atomic mass is 35.5. The molecule has 0 atom stereocenters. The summed E-state index contributed by atoms with van der Waals surface area (Å²) < 4.78 is 18.7. The van der Waals surface area contributed by atoms with E-state index in [0.29, 0.717) is 28.8 Å². The van der Waals surface area contributed by atoms with Gasteiger partial charge >= 0.3 is 0 Å². The Bertz CT molecular complexity index is 902. The summed E-state index contributed by atoms with van der Waals surface area (Å²) in [5.74, 6) is 0.565. The molecule has 1 heterocycles. The van der Waals surface area contributed by atoms with E-state index in [1.54, 1.807) is 18.2 Å². The minimum atomic E-state index is -0.370. The highest BCUT2D eigenvalue weighted by Gasteiger charge is 2.08. The molecular weight excluding hydrogens is 327 g/mol. The lowest BCUT2D eigenvalue weighted by atomic mass is 10.0. The van der Waals surface area contributed by atoms with Gasteiger partial charge in [-0.2, -0.15) is 0 Å². The molecule has 2 aromatic carbocycles. The molecular formula is C19H16ClFN2O. The Hall–Kier alpha value is -2.46. The Balaban J connectivity index is 1.76. The van der Waals surface area contributed by atoms with Crippen LogP contribution >= 0.6 is 11.6 Å². The Labute approximate surface area is 144 Å². The molecule has 122 valence electrons. The van der Waals surface area contributed by atoms with Gasteiger partial charge in [0.15, 0.2) is 0 Å². The summed E-state index contributed by atoms with van der Waals surface area (Å²) in [4.78, 5) is 0. The topological polar surface area (TPSA) is 38.9 Å². The van der Waals surface area contributed by atoms with E-state index in [0.717, 1.165) is 5.56 Å². The lowest BCUT2D eigenvalue weighted by Gasteiger charge is -2.05. The minimum Gasteiger partial charge on any atom is -0.421 e. The molecule has 24 heavy (non-hydrogen) atoms. The SMILES string of the molecule is Cc1cccc(Cc2nnc(C=Cc3ccc(F)cc3Cl)o2)c1C. The van der Waals surface area contributed by atoms with Gasteiger partial charge in [0.2, 0.25) is 11.8 Å². The van der Waals surface area contributed by atoms with Crippen LogP contribution in [0.3, 0.4) is 0 Å². The third-order valence-corrected chi connectivity index (χ3v) is 4.24. The zero-order valence-corrected chi connectivity index (χ0v) is 14.1. The second-order valence-electron chi connectivity index (χ2n) is 5.57. The Morgan fingerprint density at radius 1 is 1.12 bits per heavy atom. The molecule has 3 rings (SSSR count). The predicted molar refractivity (Wildman–Crippen MR) is 93.4 cm³/mol. The molecule has 0 unspecified atom stereocenters. The van der Waals surface area contributed by atoms with E-state index in [-0.39, 0.29) is 5.82 Å². The molecule has 0 aliphatic rings. The molecule has 0 spiro atoms. The molecule has 0 N–H and O–H groups in total. The number of aromatic nitrogens is 2. The molecule has 0 radical (unpaired) electrons. The average molecular weight is 343 g/mol. The van der Waals surface area contributed by atoms with Crippen LogP contribution in [-0.4, -0.2) is 10.2 Å². The maximum atomic E-state index is 13.0. The highest BCUT2D eigenvalue weighted by molar-refractivity contribution is 6.32. The fourth-order valence-corrected chi connectivity index (χ4v) is 2.60. The molecule has 5 heteroatoms. The van der Waals surface area contributed by atoms with Crippen LogP contribution in [-0.2, 0) is 6.42 Å². The monoisotopic (exact) mass is 342 g/mol. The quantitative estimate of drug-likeness (QED) is 0.650. The molecule has 0 bridgehead atoms. The summed E-state index contributed by atoms with van der Waals surface area (Å²) in [6.07, 6.45) is 3.97. The fourth-order valence-electron chi connectivity index (χ4n) is 2.37. The summed E-state index contributed by atoms with van der Waals surface area (Å²) in [5.41, 5.74) is 4.31. The van der Waals surface area contributed by atoms with Crippen LogP contribution < -0.4 is 0 Å². The number of aryl methyl sites for hydroxylation is 1. The Morgan fingerprint density at radius 3 is 2.75 bits per heavy atom. The summed E-state index contributed by atoms with van der Waals surface area (Å²) in [6, 6.07) is 10.4. The normalized spacial score (nSPS) is 11.3. The van der Waals surface area contributed by atoms with Gasteiger partial charge in [0.25, 0.3) is 0 Å². The van der Waals surface area contributed by atoms with Crippen LogP contribution in [0.2, 0.25) is 5.02 Å². The second kappa shape index (κ2) is 6.97. The molecule has 3 nitrogen and oxygen atoms in total. The van der Waals surface area contributed by atoms with Crippen molar-refractivity contribution in [3.63, 3.8) is 0 Å². The molecule has 3 aromatic rings. The van der Waals surface area contributed by atoms with Crippen molar-refractivity contribution in [1.82, 2.24) is 10.2 Å². The Kier molecular flexibility index (Phi) is 4.76. The van der Waals surface area contributed by atoms with Crippen molar-refractivity contribution in [3.05, 3.63) is 81.3 Å². The lowest BCUT2D eigenvalue weighted by molar-refractivity contribution is 0.496. The van der Waals surface area contributed by atoms with Crippen molar-refractivity contribution in [1.29, 1.82) is 0 Å². The third kappa shape index (κ3) is 3.71. The van der Waals surface area contributed by atoms with E-state index in [1.165, 1.54) is 23.3 Å². The first-order chi connectivity index (χ1) is 11.5. The molecule has 0 aliphatic carbocycles. The zero-order valence-electron chi connectivity index (χ0n) is 13.4. The van der Waals surface area contributed by atoms with Crippen LogP contribution in [0.4, 0.5) is 4.39 Å². The van der Waals surface area contributed by atoms with E-state index in [9.17, 15) is 4.39 Å². The molecule has 1 aromatic heterocycles. The first-order valence-corrected chi connectivity index (χ1v) is 7.91. The van der Waals surface area contributed by atoms with Crippen molar-refractivity contribution < 1.29 is 8.81 Å². The van der Waals surface area contributed by atoms with Crippen molar-refractivity contribution in [2.75, 3.05) is 0 Å². The number of rotatable bonds is 4. The van der Waals surface area contributed by atoms with Crippen molar-refractivity contribution in [2.24, 2.45) is 0 Å². The second-order valence-corrected chi connectivity index (χ2v) is 5.98. The standard InChI is InChI=1S/C19H16ClFN2O/c1-12-4-3-5-15(13(12)2)10-19-23-22-18(24-19)9-7-14-6-8-16(21)11-17(14)20/h3-9,11H,10H2,1-2H3. The van der Waals surface area contributed by atoms with Gasteiger partial charge in [0, 0.05) is 6.08 Å². The van der Waals surface area contributed by atoms with E-state index < -0.39 is 0 Å². The lowest BCUT2D eigenvalue weighted by Crippen LogP contribution is -1.94. The van der Waals surface area contributed by atoms with Gasteiger partial charge in [-0.15, -0.1) is 10.2 Å². The number of nitrogens with zero attached hydrogens (tertiary/aromatic N) is 2. The first-order valence-electron chi connectivity index (χ1n) is 7.53. The molecule has 0 aliphatic heterocycles. The van der Waals surface area contributed by atoms with E-state index in [2.05, 4.69) is 36.2 Å². The number of hydrogen-bond donors (Lipinski definition) is 0. The van der Waals surface area contributed by atoms with Crippen molar-refractivity contribution in [2.45, 2.75) is 20.3 Å². The minimum absolute atomic E-state index is 0.335. The van der Waals surface area contributed by atoms with Crippen molar-refractivity contribution >= 4 is 23.8 Å². The number of hydrogen-bond acceptors (Lipinski definition) is 3. The largest absolute Gasteiger partial charge is 0.421 e. The van der Waals surface area contributed by atoms with Crippen molar-refractivity contribution in [3.8, 4) is 0 Å². The van der Waals surface area contributed by atoms with E-state index in [4.69, 9.17) is 16.0 Å². The van der Waals surface area contributed by atoms with Gasteiger partial charge in [-0.1, -0.05) is 35.9 Å². The molecule has 0 saturated heterocycles.